The molecule has 0 saturated heterocycles. The zero-order chi connectivity index (χ0) is 12.8. The van der Waals surface area contributed by atoms with Crippen molar-refractivity contribution in [2.45, 2.75) is 26.3 Å². The van der Waals surface area contributed by atoms with Crippen molar-refractivity contribution in [2.75, 3.05) is 18.0 Å². The van der Waals surface area contributed by atoms with Crippen LogP contribution in [0.1, 0.15) is 31.9 Å². The molecule has 0 fully saturated rings. The van der Waals surface area contributed by atoms with Gasteiger partial charge >= 0.3 is 0 Å². The zero-order valence-electron chi connectivity index (χ0n) is 10.6. The second kappa shape index (κ2) is 6.40. The fourth-order valence-corrected chi connectivity index (χ4v) is 1.91. The Morgan fingerprint density at radius 3 is 2.76 bits per heavy atom. The molecule has 0 saturated carbocycles. The lowest BCUT2D eigenvalue weighted by Crippen LogP contribution is -2.26. The van der Waals surface area contributed by atoms with Crippen molar-refractivity contribution in [2.24, 2.45) is 5.73 Å². The van der Waals surface area contributed by atoms with Crippen molar-refractivity contribution in [1.29, 1.82) is 0 Å². The molecule has 2 N–H and O–H groups in total. The number of nitrogens with two attached hydrogens (primary N) is 1. The molecule has 1 aromatic rings. The lowest BCUT2D eigenvalue weighted by Gasteiger charge is -2.26. The zero-order valence-corrected chi connectivity index (χ0v) is 10.6. The maximum absolute atomic E-state index is 13.2. The summed E-state index contributed by atoms with van der Waals surface area (Å²) >= 11 is 0. The molecule has 3 heteroatoms. The number of nitrogens with zero attached hydrogens (tertiary/aromatic N) is 1. The van der Waals surface area contributed by atoms with Gasteiger partial charge in [0.05, 0.1) is 0 Å². The van der Waals surface area contributed by atoms with Crippen molar-refractivity contribution >= 4 is 5.69 Å². The molecule has 2 nitrogen and oxygen atoms in total. The minimum atomic E-state index is -0.240. The van der Waals surface area contributed by atoms with Gasteiger partial charge in [-0.1, -0.05) is 13.0 Å². The summed E-state index contributed by atoms with van der Waals surface area (Å²) in [5.74, 6) is -0.240. The largest absolute Gasteiger partial charge is 0.368 e. The second-order valence-electron chi connectivity index (χ2n) is 4.23. The summed E-state index contributed by atoms with van der Waals surface area (Å²) < 4.78 is 13.2. The third-order valence-corrected chi connectivity index (χ3v) is 2.66. The van der Waals surface area contributed by atoms with E-state index in [-0.39, 0.29) is 11.9 Å². The average Bonchev–Trinajstić information content (AvgIpc) is 2.28. The van der Waals surface area contributed by atoms with Crippen LogP contribution in [0, 0.1) is 5.82 Å². The standard InChI is InChI=1S/C14H21FN2/c1-4-8-17(9-5-2)14-7-6-12(15)10-13(14)11(3)16/h4,6-7,10-11H,1,5,8-9,16H2,2-3H3. The van der Waals surface area contributed by atoms with E-state index in [9.17, 15) is 4.39 Å². The molecule has 0 spiro atoms. The van der Waals surface area contributed by atoms with E-state index in [2.05, 4.69) is 18.4 Å². The Labute approximate surface area is 103 Å². The Bertz CT molecular complexity index is 374. The third kappa shape index (κ3) is 3.56. The predicted molar refractivity (Wildman–Crippen MR) is 71.7 cm³/mol. The first kappa shape index (κ1) is 13.7. The summed E-state index contributed by atoms with van der Waals surface area (Å²) in [6.45, 7) is 9.40. The molecular formula is C14H21FN2. The normalized spacial score (nSPS) is 12.2. The molecular weight excluding hydrogens is 215 g/mol. The molecule has 94 valence electrons. The van der Waals surface area contributed by atoms with Crippen molar-refractivity contribution in [3.63, 3.8) is 0 Å². The van der Waals surface area contributed by atoms with Gasteiger partial charge in [-0.15, -0.1) is 6.58 Å². The first-order chi connectivity index (χ1) is 8.10. The Balaban J connectivity index is 3.11. The molecule has 1 atom stereocenters. The van der Waals surface area contributed by atoms with Gasteiger partial charge in [0.25, 0.3) is 0 Å². The molecule has 0 aliphatic heterocycles. The van der Waals surface area contributed by atoms with Gasteiger partial charge in [-0.3, -0.25) is 0 Å². The molecule has 0 aliphatic rings. The van der Waals surface area contributed by atoms with Gasteiger partial charge in [0.15, 0.2) is 0 Å². The Morgan fingerprint density at radius 2 is 2.24 bits per heavy atom. The highest BCUT2D eigenvalue weighted by Gasteiger charge is 2.13. The summed E-state index contributed by atoms with van der Waals surface area (Å²) in [5.41, 5.74) is 7.74. The third-order valence-electron chi connectivity index (χ3n) is 2.66. The molecule has 17 heavy (non-hydrogen) atoms. The van der Waals surface area contributed by atoms with Gasteiger partial charge in [0.1, 0.15) is 5.82 Å². The van der Waals surface area contributed by atoms with Crippen LogP contribution in [0.3, 0.4) is 0 Å². The molecule has 0 heterocycles. The summed E-state index contributed by atoms with van der Waals surface area (Å²) in [5, 5.41) is 0. The van der Waals surface area contributed by atoms with E-state index in [0.29, 0.717) is 0 Å². The van der Waals surface area contributed by atoms with Crippen LogP contribution < -0.4 is 10.6 Å². The highest BCUT2D eigenvalue weighted by atomic mass is 19.1. The number of halogens is 1. The lowest BCUT2D eigenvalue weighted by molar-refractivity contribution is 0.621. The summed E-state index contributed by atoms with van der Waals surface area (Å²) in [7, 11) is 0. The van der Waals surface area contributed by atoms with Crippen molar-refractivity contribution in [3.05, 3.63) is 42.2 Å². The molecule has 0 aliphatic carbocycles. The quantitative estimate of drug-likeness (QED) is 0.768. The van der Waals surface area contributed by atoms with Crippen LogP contribution in [0.5, 0.6) is 0 Å². The molecule has 0 radical (unpaired) electrons. The van der Waals surface area contributed by atoms with Gasteiger partial charge in [0, 0.05) is 24.8 Å². The monoisotopic (exact) mass is 236 g/mol. The molecule has 0 bridgehead atoms. The highest BCUT2D eigenvalue weighted by molar-refractivity contribution is 5.55. The Morgan fingerprint density at radius 1 is 1.53 bits per heavy atom. The molecule has 0 amide bonds. The molecule has 1 unspecified atom stereocenters. The Kier molecular flexibility index (Phi) is 5.16. The van der Waals surface area contributed by atoms with Crippen LogP contribution in [-0.4, -0.2) is 13.1 Å². The summed E-state index contributed by atoms with van der Waals surface area (Å²) in [4.78, 5) is 2.17. The topological polar surface area (TPSA) is 29.3 Å². The van der Waals surface area contributed by atoms with Gasteiger partial charge < -0.3 is 10.6 Å². The van der Waals surface area contributed by atoms with E-state index in [1.807, 2.05) is 13.0 Å². The number of benzene rings is 1. The molecule has 0 aromatic heterocycles. The number of hydrogen-bond donors (Lipinski definition) is 1. The van der Waals surface area contributed by atoms with Crippen LogP contribution in [0.4, 0.5) is 10.1 Å². The highest BCUT2D eigenvalue weighted by Crippen LogP contribution is 2.26. The number of anilines is 1. The van der Waals surface area contributed by atoms with Gasteiger partial charge in [0.2, 0.25) is 0 Å². The number of rotatable bonds is 6. The van der Waals surface area contributed by atoms with Crippen LogP contribution in [0.25, 0.3) is 0 Å². The van der Waals surface area contributed by atoms with E-state index in [1.54, 1.807) is 6.07 Å². The maximum Gasteiger partial charge on any atom is 0.123 e. The lowest BCUT2D eigenvalue weighted by atomic mass is 10.1. The van der Waals surface area contributed by atoms with Crippen molar-refractivity contribution < 1.29 is 4.39 Å². The Hall–Kier alpha value is -1.35. The van der Waals surface area contributed by atoms with Crippen molar-refractivity contribution in [1.82, 2.24) is 0 Å². The van der Waals surface area contributed by atoms with Gasteiger partial charge in [-0.25, -0.2) is 4.39 Å². The van der Waals surface area contributed by atoms with Crippen LogP contribution in [-0.2, 0) is 0 Å². The minimum Gasteiger partial charge on any atom is -0.368 e. The fraction of sp³-hybridized carbons (Fsp3) is 0.429. The maximum atomic E-state index is 13.2. The smallest absolute Gasteiger partial charge is 0.123 e. The van der Waals surface area contributed by atoms with E-state index in [0.717, 1.165) is 30.8 Å². The number of hydrogen-bond acceptors (Lipinski definition) is 2. The van der Waals surface area contributed by atoms with Crippen molar-refractivity contribution in [3.8, 4) is 0 Å². The molecule has 1 aromatic carbocycles. The average molecular weight is 236 g/mol. The van der Waals surface area contributed by atoms with Crippen LogP contribution >= 0.6 is 0 Å². The minimum absolute atomic E-state index is 0.176. The SMILES string of the molecule is C=CCN(CCC)c1ccc(F)cc1C(C)N. The first-order valence-electron chi connectivity index (χ1n) is 6.01. The van der Waals surface area contributed by atoms with E-state index in [1.165, 1.54) is 12.1 Å². The van der Waals surface area contributed by atoms with Gasteiger partial charge in [-0.05, 0) is 37.1 Å². The van der Waals surface area contributed by atoms with E-state index >= 15 is 0 Å². The summed E-state index contributed by atoms with van der Waals surface area (Å²) in [6.07, 6.45) is 2.88. The second-order valence-corrected chi connectivity index (χ2v) is 4.23. The fourth-order valence-electron chi connectivity index (χ4n) is 1.91. The summed E-state index contributed by atoms with van der Waals surface area (Å²) in [6, 6.07) is 4.62. The van der Waals surface area contributed by atoms with Crippen LogP contribution in [0.2, 0.25) is 0 Å². The van der Waals surface area contributed by atoms with Gasteiger partial charge in [-0.2, -0.15) is 0 Å². The first-order valence-corrected chi connectivity index (χ1v) is 6.01. The van der Waals surface area contributed by atoms with Crippen LogP contribution in [0.15, 0.2) is 30.9 Å². The van der Waals surface area contributed by atoms with E-state index in [4.69, 9.17) is 5.73 Å². The van der Waals surface area contributed by atoms with E-state index < -0.39 is 0 Å². The molecule has 1 rings (SSSR count). The predicted octanol–water partition coefficient (Wildman–Crippen LogP) is 3.25.